The van der Waals surface area contributed by atoms with Crippen molar-refractivity contribution in [1.82, 2.24) is 0 Å². The Balaban J connectivity index is 2.42. The third kappa shape index (κ3) is 4.20. The summed E-state index contributed by atoms with van der Waals surface area (Å²) in [4.78, 5) is 12.1. The minimum absolute atomic E-state index is 0.0178. The molecule has 9 heteroatoms. The second kappa shape index (κ2) is 7.99. The molecule has 0 bridgehead atoms. The van der Waals surface area contributed by atoms with E-state index in [1.165, 1.54) is 18.7 Å². The van der Waals surface area contributed by atoms with Crippen LogP contribution in [0.25, 0.3) is 0 Å². The van der Waals surface area contributed by atoms with E-state index in [0.717, 1.165) is 11.3 Å². The fourth-order valence-corrected chi connectivity index (χ4v) is 4.57. The van der Waals surface area contributed by atoms with E-state index < -0.39 is 21.1 Å². The summed E-state index contributed by atoms with van der Waals surface area (Å²) in [6.45, 7) is 3.14. The normalized spacial score (nSPS) is 11.9. The minimum atomic E-state index is -3.59. The SMILES string of the molecule is COC(=O)c1scc(S(=O)(=O)C(C)C)c1N/N=C/c1ccccc1Cl. The van der Waals surface area contributed by atoms with E-state index in [2.05, 4.69) is 10.5 Å². The maximum Gasteiger partial charge on any atom is 0.350 e. The maximum absolute atomic E-state index is 12.5. The van der Waals surface area contributed by atoms with Crippen LogP contribution in [-0.2, 0) is 14.6 Å². The van der Waals surface area contributed by atoms with Crippen molar-refractivity contribution in [3.63, 3.8) is 0 Å². The van der Waals surface area contributed by atoms with Crippen LogP contribution in [0.4, 0.5) is 5.69 Å². The van der Waals surface area contributed by atoms with Crippen LogP contribution in [0.1, 0.15) is 29.1 Å². The molecule has 0 spiro atoms. The van der Waals surface area contributed by atoms with Crippen LogP contribution in [0.2, 0.25) is 5.02 Å². The monoisotopic (exact) mass is 400 g/mol. The highest BCUT2D eigenvalue weighted by Gasteiger charge is 2.29. The van der Waals surface area contributed by atoms with Crippen molar-refractivity contribution >= 4 is 50.6 Å². The maximum atomic E-state index is 12.5. The van der Waals surface area contributed by atoms with Gasteiger partial charge in [0.1, 0.15) is 15.5 Å². The van der Waals surface area contributed by atoms with E-state index in [-0.39, 0.29) is 15.5 Å². The van der Waals surface area contributed by atoms with Crippen molar-refractivity contribution in [3.8, 4) is 0 Å². The van der Waals surface area contributed by atoms with Gasteiger partial charge in [0.15, 0.2) is 9.84 Å². The molecule has 0 amide bonds. The molecule has 0 fully saturated rings. The Morgan fingerprint density at radius 3 is 2.64 bits per heavy atom. The van der Waals surface area contributed by atoms with Crippen LogP contribution in [0.5, 0.6) is 0 Å². The minimum Gasteiger partial charge on any atom is -0.465 e. The van der Waals surface area contributed by atoms with Gasteiger partial charge in [0, 0.05) is 16.0 Å². The highest BCUT2D eigenvalue weighted by Crippen LogP contribution is 2.34. The third-order valence-electron chi connectivity index (χ3n) is 3.34. The van der Waals surface area contributed by atoms with Gasteiger partial charge in [0.05, 0.1) is 18.6 Å². The Morgan fingerprint density at radius 2 is 2.04 bits per heavy atom. The Labute approximate surface area is 155 Å². The number of benzene rings is 1. The van der Waals surface area contributed by atoms with Crippen molar-refractivity contribution in [2.45, 2.75) is 24.0 Å². The Hall–Kier alpha value is -1.90. The van der Waals surface area contributed by atoms with Crippen molar-refractivity contribution in [1.29, 1.82) is 0 Å². The molecule has 0 radical (unpaired) electrons. The number of rotatable bonds is 6. The van der Waals surface area contributed by atoms with Crippen LogP contribution in [0, 0.1) is 0 Å². The second-order valence-electron chi connectivity index (χ2n) is 5.28. The van der Waals surface area contributed by atoms with Gasteiger partial charge in [-0.1, -0.05) is 29.8 Å². The summed E-state index contributed by atoms with van der Waals surface area (Å²) in [5, 5.41) is 5.31. The first-order valence-electron chi connectivity index (χ1n) is 7.26. The number of halogens is 1. The van der Waals surface area contributed by atoms with Crippen LogP contribution in [0.15, 0.2) is 39.6 Å². The lowest BCUT2D eigenvalue weighted by molar-refractivity contribution is 0.0607. The number of hydrogen-bond acceptors (Lipinski definition) is 7. The first-order chi connectivity index (χ1) is 11.8. The predicted octanol–water partition coefficient (Wildman–Crippen LogP) is 3.82. The lowest BCUT2D eigenvalue weighted by atomic mass is 10.2. The summed E-state index contributed by atoms with van der Waals surface area (Å²) >= 11 is 7.03. The average molecular weight is 401 g/mol. The van der Waals surface area contributed by atoms with Gasteiger partial charge >= 0.3 is 5.97 Å². The summed E-state index contributed by atoms with van der Waals surface area (Å²) in [7, 11) is -2.36. The van der Waals surface area contributed by atoms with Crippen LogP contribution < -0.4 is 5.43 Å². The molecule has 0 aliphatic heterocycles. The molecular weight excluding hydrogens is 384 g/mol. The summed E-state index contributed by atoms with van der Waals surface area (Å²) in [6.07, 6.45) is 1.45. The Morgan fingerprint density at radius 1 is 1.36 bits per heavy atom. The first kappa shape index (κ1) is 19.4. The number of esters is 1. The largest absolute Gasteiger partial charge is 0.465 e. The third-order valence-corrected chi connectivity index (χ3v) is 6.97. The molecule has 2 rings (SSSR count). The molecule has 134 valence electrons. The molecule has 1 heterocycles. The number of carbonyl (C=O) groups excluding carboxylic acids is 1. The van der Waals surface area contributed by atoms with Crippen LogP contribution >= 0.6 is 22.9 Å². The Bertz CT molecular complexity index is 905. The second-order valence-corrected chi connectivity index (χ2v) is 9.04. The molecule has 0 saturated carbocycles. The number of ether oxygens (including phenoxy) is 1. The zero-order chi connectivity index (χ0) is 18.6. The number of sulfone groups is 1. The van der Waals surface area contributed by atoms with Crippen molar-refractivity contribution < 1.29 is 17.9 Å². The van der Waals surface area contributed by atoms with E-state index in [1.54, 1.807) is 38.1 Å². The quantitative estimate of drug-likeness (QED) is 0.452. The highest BCUT2D eigenvalue weighted by molar-refractivity contribution is 7.92. The van der Waals surface area contributed by atoms with Crippen LogP contribution in [0.3, 0.4) is 0 Å². The number of methoxy groups -OCH3 is 1. The summed E-state index contributed by atoms with van der Waals surface area (Å²) < 4.78 is 29.7. The standard InChI is InChI=1S/C16H17ClN2O4S2/c1-10(2)25(21,22)13-9-24-15(16(20)23-3)14(13)19-18-8-11-6-4-5-7-12(11)17/h4-10,19H,1-3H3/b18-8+. The Kier molecular flexibility index (Phi) is 6.21. The number of anilines is 1. The molecule has 0 atom stereocenters. The molecular formula is C16H17ClN2O4S2. The molecule has 1 N–H and O–H groups in total. The van der Waals surface area contributed by atoms with E-state index in [1.807, 2.05) is 0 Å². The van der Waals surface area contributed by atoms with Crippen molar-refractivity contribution in [2.24, 2.45) is 5.10 Å². The molecule has 25 heavy (non-hydrogen) atoms. The molecule has 6 nitrogen and oxygen atoms in total. The van der Waals surface area contributed by atoms with E-state index >= 15 is 0 Å². The van der Waals surface area contributed by atoms with Gasteiger partial charge in [-0.25, -0.2) is 13.2 Å². The zero-order valence-corrected chi connectivity index (χ0v) is 16.2. The predicted molar refractivity (Wildman–Crippen MR) is 101 cm³/mol. The highest BCUT2D eigenvalue weighted by atomic mass is 35.5. The molecule has 1 aromatic heterocycles. The summed E-state index contributed by atoms with van der Waals surface area (Å²) in [5.41, 5.74) is 3.41. The molecule has 0 unspecified atom stereocenters. The number of nitrogens with zero attached hydrogens (tertiary/aromatic N) is 1. The van der Waals surface area contributed by atoms with Gasteiger partial charge in [-0.05, 0) is 19.9 Å². The first-order valence-corrected chi connectivity index (χ1v) is 10.1. The molecule has 1 aromatic carbocycles. The van der Waals surface area contributed by atoms with Gasteiger partial charge in [-0.15, -0.1) is 11.3 Å². The fraction of sp³-hybridized carbons (Fsp3) is 0.250. The van der Waals surface area contributed by atoms with Gasteiger partial charge in [-0.3, -0.25) is 5.43 Å². The number of thiophene rings is 1. The lowest BCUT2D eigenvalue weighted by Crippen LogP contribution is -2.15. The van der Waals surface area contributed by atoms with Gasteiger partial charge in [0.25, 0.3) is 0 Å². The molecule has 0 saturated heterocycles. The smallest absolute Gasteiger partial charge is 0.350 e. The van der Waals surface area contributed by atoms with E-state index in [9.17, 15) is 13.2 Å². The lowest BCUT2D eigenvalue weighted by Gasteiger charge is -2.09. The fourth-order valence-electron chi connectivity index (χ4n) is 1.90. The number of hydrogen-bond donors (Lipinski definition) is 1. The van der Waals surface area contributed by atoms with Crippen molar-refractivity contribution in [3.05, 3.63) is 45.1 Å². The number of nitrogens with one attached hydrogen (secondary N) is 1. The topological polar surface area (TPSA) is 84.8 Å². The molecule has 0 aliphatic carbocycles. The molecule has 0 aliphatic rings. The average Bonchev–Trinajstić information content (AvgIpc) is 3.00. The number of hydrazone groups is 1. The zero-order valence-electron chi connectivity index (χ0n) is 13.8. The summed E-state index contributed by atoms with van der Waals surface area (Å²) in [6, 6.07) is 7.05. The van der Waals surface area contributed by atoms with E-state index in [0.29, 0.717) is 10.6 Å². The van der Waals surface area contributed by atoms with Gasteiger partial charge in [-0.2, -0.15) is 5.10 Å². The van der Waals surface area contributed by atoms with Crippen molar-refractivity contribution in [2.75, 3.05) is 12.5 Å². The number of carbonyl (C=O) groups is 1. The van der Waals surface area contributed by atoms with E-state index in [4.69, 9.17) is 16.3 Å². The summed E-state index contributed by atoms with van der Waals surface area (Å²) in [5.74, 6) is -0.634. The van der Waals surface area contributed by atoms with Gasteiger partial charge in [0.2, 0.25) is 0 Å². The molecule has 2 aromatic rings. The van der Waals surface area contributed by atoms with Crippen LogP contribution in [-0.4, -0.2) is 33.0 Å². The van der Waals surface area contributed by atoms with Gasteiger partial charge < -0.3 is 4.74 Å².